The standard InChI is InChI=1S/C25H30N2O2S2/c1-16(2)30-21-9-7-19(8-10-21)14-24(28)27(15-20-6-5-11-29-20)25-26-22-12-17(3)18(4)13-23(22)31-25/h7-10,12-13,16,20H,5-6,11,14-15H2,1-4H3. The second-order valence-corrected chi connectivity index (χ2v) is 11.2. The van der Waals surface area contributed by atoms with Crippen LogP contribution in [0.25, 0.3) is 10.2 Å². The maximum atomic E-state index is 13.4. The summed E-state index contributed by atoms with van der Waals surface area (Å²) in [5.41, 5.74) is 4.46. The fraction of sp³-hybridized carbons (Fsp3) is 0.440. The van der Waals surface area contributed by atoms with Gasteiger partial charge in [0.2, 0.25) is 5.91 Å². The van der Waals surface area contributed by atoms with Crippen LogP contribution in [0.1, 0.15) is 43.4 Å². The van der Waals surface area contributed by atoms with Crippen LogP contribution in [-0.4, -0.2) is 35.4 Å². The van der Waals surface area contributed by atoms with E-state index >= 15 is 0 Å². The smallest absolute Gasteiger partial charge is 0.233 e. The number of amides is 1. The Bertz CT molecular complexity index is 1010. The predicted octanol–water partition coefficient (Wildman–Crippen LogP) is 6.17. The Morgan fingerprint density at radius 3 is 2.65 bits per heavy atom. The third kappa shape index (κ3) is 5.48. The van der Waals surface area contributed by atoms with E-state index in [0.717, 1.165) is 40.4 Å². The van der Waals surface area contributed by atoms with Crippen molar-refractivity contribution in [2.24, 2.45) is 0 Å². The molecular formula is C25H30N2O2S2. The molecule has 1 atom stereocenters. The Hall–Kier alpha value is -1.89. The van der Waals surface area contributed by atoms with Crippen LogP contribution in [-0.2, 0) is 16.0 Å². The molecule has 0 bridgehead atoms. The molecule has 1 aromatic heterocycles. The molecular weight excluding hydrogens is 424 g/mol. The lowest BCUT2D eigenvalue weighted by Gasteiger charge is -2.23. The van der Waals surface area contributed by atoms with Crippen LogP contribution in [0.2, 0.25) is 0 Å². The van der Waals surface area contributed by atoms with Crippen LogP contribution in [0.4, 0.5) is 5.13 Å². The molecule has 1 amide bonds. The molecule has 4 nitrogen and oxygen atoms in total. The first-order valence-electron chi connectivity index (χ1n) is 10.9. The summed E-state index contributed by atoms with van der Waals surface area (Å²) in [4.78, 5) is 21.3. The average molecular weight is 455 g/mol. The Morgan fingerprint density at radius 1 is 1.23 bits per heavy atom. The van der Waals surface area contributed by atoms with Gasteiger partial charge in [0, 0.05) is 16.8 Å². The van der Waals surface area contributed by atoms with E-state index in [4.69, 9.17) is 9.72 Å². The number of hydrogen-bond donors (Lipinski definition) is 0. The maximum Gasteiger partial charge on any atom is 0.233 e. The second-order valence-electron chi connectivity index (χ2n) is 8.53. The Kier molecular flexibility index (Phi) is 6.99. The minimum Gasteiger partial charge on any atom is -0.376 e. The highest BCUT2D eigenvalue weighted by Gasteiger charge is 2.26. The van der Waals surface area contributed by atoms with E-state index in [1.54, 1.807) is 11.3 Å². The summed E-state index contributed by atoms with van der Waals surface area (Å²) in [5, 5.41) is 1.31. The number of carbonyl (C=O) groups excluding carboxylic acids is 1. The zero-order chi connectivity index (χ0) is 22.0. The molecule has 31 heavy (non-hydrogen) atoms. The number of nitrogens with zero attached hydrogens (tertiary/aromatic N) is 2. The van der Waals surface area contributed by atoms with Gasteiger partial charge in [-0.05, 0) is 67.6 Å². The normalized spacial score (nSPS) is 16.4. The van der Waals surface area contributed by atoms with Crippen molar-refractivity contribution in [1.82, 2.24) is 4.98 Å². The first-order chi connectivity index (χ1) is 14.9. The number of thiazole rings is 1. The van der Waals surface area contributed by atoms with Gasteiger partial charge in [0.1, 0.15) is 0 Å². The Labute approximate surface area is 193 Å². The van der Waals surface area contributed by atoms with Gasteiger partial charge in [0.15, 0.2) is 5.13 Å². The zero-order valence-electron chi connectivity index (χ0n) is 18.7. The lowest BCUT2D eigenvalue weighted by molar-refractivity contribution is -0.118. The molecule has 0 saturated carbocycles. The molecule has 1 aliphatic heterocycles. The van der Waals surface area contributed by atoms with Crippen molar-refractivity contribution in [1.29, 1.82) is 0 Å². The fourth-order valence-electron chi connectivity index (χ4n) is 3.79. The Morgan fingerprint density at radius 2 is 1.97 bits per heavy atom. The number of aromatic nitrogens is 1. The van der Waals surface area contributed by atoms with Crippen LogP contribution in [0, 0.1) is 13.8 Å². The van der Waals surface area contributed by atoms with Crippen molar-refractivity contribution in [3.05, 3.63) is 53.1 Å². The van der Waals surface area contributed by atoms with Gasteiger partial charge >= 0.3 is 0 Å². The minimum atomic E-state index is 0.0762. The fourth-order valence-corrected chi connectivity index (χ4v) is 5.70. The molecule has 0 aliphatic carbocycles. The van der Waals surface area contributed by atoms with Crippen LogP contribution < -0.4 is 4.90 Å². The molecule has 4 rings (SSSR count). The molecule has 3 aromatic rings. The van der Waals surface area contributed by atoms with Crippen LogP contribution in [0.3, 0.4) is 0 Å². The van der Waals surface area contributed by atoms with Gasteiger partial charge < -0.3 is 4.74 Å². The minimum absolute atomic E-state index is 0.0762. The molecule has 1 aliphatic rings. The van der Waals surface area contributed by atoms with Crippen molar-refractivity contribution in [3.8, 4) is 0 Å². The summed E-state index contributed by atoms with van der Waals surface area (Å²) in [6, 6.07) is 12.6. The number of anilines is 1. The zero-order valence-corrected chi connectivity index (χ0v) is 20.3. The van der Waals surface area contributed by atoms with Gasteiger partial charge in [-0.25, -0.2) is 4.98 Å². The quantitative estimate of drug-likeness (QED) is 0.401. The number of fused-ring (bicyclic) bond motifs is 1. The third-order valence-electron chi connectivity index (χ3n) is 5.59. The van der Waals surface area contributed by atoms with Gasteiger partial charge in [-0.15, -0.1) is 11.8 Å². The lowest BCUT2D eigenvalue weighted by atomic mass is 10.1. The number of hydrogen-bond acceptors (Lipinski definition) is 5. The summed E-state index contributed by atoms with van der Waals surface area (Å²) in [7, 11) is 0. The number of ether oxygens (including phenoxy) is 1. The van der Waals surface area contributed by atoms with Crippen molar-refractivity contribution in [3.63, 3.8) is 0 Å². The molecule has 1 saturated heterocycles. The molecule has 6 heteroatoms. The maximum absolute atomic E-state index is 13.4. The van der Waals surface area contributed by atoms with Crippen molar-refractivity contribution in [2.75, 3.05) is 18.1 Å². The summed E-state index contributed by atoms with van der Waals surface area (Å²) >= 11 is 3.43. The van der Waals surface area contributed by atoms with Gasteiger partial charge in [0.25, 0.3) is 0 Å². The SMILES string of the molecule is Cc1cc2nc(N(CC3CCCO3)C(=O)Cc3ccc(SC(C)C)cc3)sc2cc1C. The van der Waals surface area contributed by atoms with E-state index in [1.165, 1.54) is 16.0 Å². The Balaban J connectivity index is 1.57. The van der Waals surface area contributed by atoms with Crippen LogP contribution in [0.5, 0.6) is 0 Å². The number of thioether (sulfide) groups is 1. The van der Waals surface area contributed by atoms with E-state index in [0.29, 0.717) is 18.2 Å². The molecule has 1 unspecified atom stereocenters. The third-order valence-corrected chi connectivity index (χ3v) is 7.64. The van der Waals surface area contributed by atoms with Gasteiger partial charge in [0.05, 0.1) is 29.3 Å². The van der Waals surface area contributed by atoms with Gasteiger partial charge in [-0.3, -0.25) is 9.69 Å². The summed E-state index contributed by atoms with van der Waals surface area (Å²) < 4.78 is 6.97. The topological polar surface area (TPSA) is 42.4 Å². The van der Waals surface area contributed by atoms with Gasteiger partial charge in [-0.1, -0.05) is 37.3 Å². The highest BCUT2D eigenvalue weighted by atomic mass is 32.2. The summed E-state index contributed by atoms with van der Waals surface area (Å²) in [6.07, 6.45) is 2.51. The summed E-state index contributed by atoms with van der Waals surface area (Å²) in [6.45, 7) is 9.94. The molecule has 0 radical (unpaired) electrons. The van der Waals surface area contributed by atoms with Crippen LogP contribution in [0.15, 0.2) is 41.3 Å². The van der Waals surface area contributed by atoms with Crippen molar-refractivity contribution < 1.29 is 9.53 Å². The molecule has 164 valence electrons. The average Bonchev–Trinajstić information content (AvgIpc) is 3.37. The first kappa shape index (κ1) is 22.3. The number of benzene rings is 2. The number of rotatable bonds is 7. The predicted molar refractivity (Wildman–Crippen MR) is 132 cm³/mol. The molecule has 2 heterocycles. The van der Waals surface area contributed by atoms with E-state index in [-0.39, 0.29) is 12.0 Å². The van der Waals surface area contributed by atoms with Crippen molar-refractivity contribution >= 4 is 44.4 Å². The number of carbonyl (C=O) groups is 1. The van der Waals surface area contributed by atoms with E-state index in [2.05, 4.69) is 64.1 Å². The molecule has 2 aromatic carbocycles. The highest BCUT2D eigenvalue weighted by molar-refractivity contribution is 7.99. The van der Waals surface area contributed by atoms with E-state index in [1.807, 2.05) is 16.7 Å². The molecule has 1 fully saturated rings. The largest absolute Gasteiger partial charge is 0.376 e. The summed E-state index contributed by atoms with van der Waals surface area (Å²) in [5.74, 6) is 0.0762. The monoisotopic (exact) mass is 454 g/mol. The first-order valence-corrected chi connectivity index (χ1v) is 12.6. The van der Waals surface area contributed by atoms with Gasteiger partial charge in [-0.2, -0.15) is 0 Å². The van der Waals surface area contributed by atoms with E-state index < -0.39 is 0 Å². The molecule has 0 N–H and O–H groups in total. The lowest BCUT2D eigenvalue weighted by Crippen LogP contribution is -2.38. The number of aryl methyl sites for hydroxylation is 2. The highest BCUT2D eigenvalue weighted by Crippen LogP contribution is 2.32. The molecule has 0 spiro atoms. The van der Waals surface area contributed by atoms with E-state index in [9.17, 15) is 4.79 Å². The van der Waals surface area contributed by atoms with Crippen molar-refractivity contribution in [2.45, 2.75) is 63.2 Å². The second kappa shape index (κ2) is 9.72. The van der Waals surface area contributed by atoms with Crippen LogP contribution >= 0.6 is 23.1 Å².